The van der Waals surface area contributed by atoms with E-state index in [0.29, 0.717) is 51.5 Å². The van der Waals surface area contributed by atoms with Crippen molar-refractivity contribution in [2.45, 2.75) is 27.4 Å². The second-order valence-corrected chi connectivity index (χ2v) is 11.8. The molecule has 0 saturated heterocycles. The van der Waals surface area contributed by atoms with Gasteiger partial charge >= 0.3 is 7.60 Å². The number of nitrogens with zero attached hydrogens (tertiary/aromatic N) is 4. The van der Waals surface area contributed by atoms with Gasteiger partial charge in [-0.15, -0.1) is 5.10 Å². The van der Waals surface area contributed by atoms with E-state index in [1.165, 1.54) is 17.8 Å². The Bertz CT molecular complexity index is 1840. The molecule has 3 aromatic heterocycles. The number of aryl methyl sites for hydroxylation is 1. The zero-order valence-electron chi connectivity index (χ0n) is 26.2. The van der Waals surface area contributed by atoms with Crippen molar-refractivity contribution in [2.24, 2.45) is 0 Å². The summed E-state index contributed by atoms with van der Waals surface area (Å²) in [5.74, 6) is 3.61. The molecule has 0 aliphatic heterocycles. The number of amides is 1. The predicted octanol–water partition coefficient (Wildman–Crippen LogP) is 7.53. The number of oxazole rings is 1. The lowest BCUT2D eigenvalue weighted by Gasteiger charge is -2.17. The van der Waals surface area contributed by atoms with Crippen molar-refractivity contribution in [3.05, 3.63) is 102 Å². The van der Waals surface area contributed by atoms with Crippen LogP contribution in [-0.4, -0.2) is 48.0 Å². The van der Waals surface area contributed by atoms with Crippen LogP contribution in [0.2, 0.25) is 0 Å². The van der Waals surface area contributed by atoms with Crippen molar-refractivity contribution in [1.82, 2.24) is 14.8 Å². The van der Waals surface area contributed by atoms with Crippen LogP contribution in [0.25, 0.3) is 23.4 Å². The fourth-order valence-electron chi connectivity index (χ4n) is 4.55. The summed E-state index contributed by atoms with van der Waals surface area (Å²) in [5.41, 5.74) is 2.25. The molecule has 0 radical (unpaired) electrons. The number of aromatic nitrogens is 3. The molecule has 13 heteroatoms. The Labute approximate surface area is 266 Å². The highest BCUT2D eigenvalue weighted by Gasteiger charge is 2.24. The molecule has 46 heavy (non-hydrogen) atoms. The Balaban J connectivity index is 1.39. The monoisotopic (exact) mass is 646 g/mol. The van der Waals surface area contributed by atoms with Gasteiger partial charge in [-0.05, 0) is 69.3 Å². The number of benzene rings is 2. The molecule has 0 aliphatic rings. The smallest absolute Gasteiger partial charge is 0.354 e. The first kappa shape index (κ1) is 32.5. The van der Waals surface area contributed by atoms with E-state index < -0.39 is 7.60 Å². The summed E-state index contributed by atoms with van der Waals surface area (Å²) in [5, 5.41) is 4.69. The quantitative estimate of drug-likeness (QED) is 0.112. The van der Waals surface area contributed by atoms with Crippen LogP contribution < -0.4 is 14.4 Å². The lowest BCUT2D eigenvalue weighted by atomic mass is 10.1. The Morgan fingerprint density at radius 3 is 2.48 bits per heavy atom. The second-order valence-electron chi connectivity index (χ2n) is 9.90. The molecule has 12 nitrogen and oxygen atoms in total. The topological polar surface area (TPSA) is 131 Å². The first-order valence-corrected chi connectivity index (χ1v) is 16.2. The molecule has 0 spiro atoms. The van der Waals surface area contributed by atoms with Crippen LogP contribution in [0.4, 0.5) is 5.82 Å². The Morgan fingerprint density at radius 1 is 1.04 bits per heavy atom. The Kier molecular flexibility index (Phi) is 10.2. The molecule has 3 heterocycles. The van der Waals surface area contributed by atoms with Crippen molar-refractivity contribution in [2.75, 3.05) is 32.3 Å². The number of hydrogen-bond donors (Lipinski definition) is 0. The molecule has 0 N–H and O–H groups in total. The molecule has 2 aromatic carbocycles. The summed E-state index contributed by atoms with van der Waals surface area (Å²) >= 11 is 0. The minimum atomic E-state index is -3.51. The third-order valence-electron chi connectivity index (χ3n) is 6.82. The van der Waals surface area contributed by atoms with Crippen LogP contribution in [0.5, 0.6) is 11.5 Å². The molecule has 0 atom stereocenters. The van der Waals surface area contributed by atoms with Crippen molar-refractivity contribution in [3.8, 4) is 28.8 Å². The third kappa shape index (κ3) is 7.31. The van der Waals surface area contributed by atoms with Gasteiger partial charge in [0.25, 0.3) is 11.8 Å². The zero-order chi connectivity index (χ0) is 32.7. The number of para-hydroxylation sites is 1. The lowest BCUT2D eigenvalue weighted by Crippen LogP contribution is -2.27. The predicted molar refractivity (Wildman–Crippen MR) is 172 cm³/mol. The molecular weight excluding hydrogens is 611 g/mol. The maximum absolute atomic E-state index is 13.8. The highest BCUT2D eigenvalue weighted by Crippen LogP contribution is 2.50. The number of ether oxygens (including phenoxy) is 2. The van der Waals surface area contributed by atoms with Crippen molar-refractivity contribution >= 4 is 25.4 Å². The number of rotatable bonds is 14. The molecule has 5 aromatic rings. The normalized spacial score (nSPS) is 11.7. The van der Waals surface area contributed by atoms with Gasteiger partial charge in [0.1, 0.15) is 18.1 Å². The molecule has 240 valence electrons. The van der Waals surface area contributed by atoms with Crippen LogP contribution in [0.1, 0.15) is 41.2 Å². The van der Waals surface area contributed by atoms with E-state index in [9.17, 15) is 9.36 Å². The first-order valence-electron chi connectivity index (χ1n) is 14.6. The minimum Gasteiger partial charge on any atom is -0.493 e. The van der Waals surface area contributed by atoms with Crippen LogP contribution >= 0.6 is 7.60 Å². The van der Waals surface area contributed by atoms with Gasteiger partial charge in [-0.2, -0.15) is 0 Å². The Morgan fingerprint density at radius 2 is 1.80 bits per heavy atom. The zero-order valence-corrected chi connectivity index (χ0v) is 27.1. The standard InChI is InChI=1S/C33H35N4O8P/c1-6-43-46(39,44-7-2)19-17-25-21-37(26-12-9-8-10-13-26)35-31(25)36(4)33(38)24-15-16-28(30(20-24)40-5)42-22-27-23(3)45-32(34-27)29-14-11-18-41-29/h8-21H,6-7,22H2,1-5H3/b19-17+. The number of carbonyl (C=O) groups is 1. The molecule has 0 saturated carbocycles. The van der Waals surface area contributed by atoms with E-state index in [2.05, 4.69) is 4.98 Å². The van der Waals surface area contributed by atoms with Crippen LogP contribution in [0, 0.1) is 6.92 Å². The minimum absolute atomic E-state index is 0.111. The largest absolute Gasteiger partial charge is 0.493 e. The number of furan rings is 1. The SMILES string of the molecule is CCOP(=O)(/C=C/c1cn(-c2ccccc2)nc1N(C)C(=O)c1ccc(OCc2nc(-c3ccco3)oc2C)c(OC)c1)OCC. The van der Waals surface area contributed by atoms with Gasteiger partial charge in [-0.1, -0.05) is 18.2 Å². The summed E-state index contributed by atoms with van der Waals surface area (Å²) < 4.78 is 48.3. The fourth-order valence-corrected chi connectivity index (χ4v) is 5.86. The number of anilines is 1. The van der Waals surface area contributed by atoms with Gasteiger partial charge in [0, 0.05) is 30.2 Å². The summed E-state index contributed by atoms with van der Waals surface area (Å²) in [7, 11) is -0.396. The summed E-state index contributed by atoms with van der Waals surface area (Å²) in [4.78, 5) is 19.7. The third-order valence-corrected chi connectivity index (χ3v) is 8.57. The van der Waals surface area contributed by atoms with E-state index >= 15 is 0 Å². The van der Waals surface area contributed by atoms with Gasteiger partial charge in [-0.25, -0.2) is 9.67 Å². The van der Waals surface area contributed by atoms with Gasteiger partial charge in [0.05, 0.1) is 32.3 Å². The number of hydrogen-bond acceptors (Lipinski definition) is 10. The van der Waals surface area contributed by atoms with Gasteiger partial charge in [-0.3, -0.25) is 14.3 Å². The molecule has 0 bridgehead atoms. The van der Waals surface area contributed by atoms with E-state index in [1.54, 1.807) is 81.4 Å². The van der Waals surface area contributed by atoms with E-state index in [-0.39, 0.29) is 25.7 Å². The maximum Gasteiger partial charge on any atom is 0.354 e. The van der Waals surface area contributed by atoms with Crippen LogP contribution in [0.15, 0.2) is 87.8 Å². The first-order chi connectivity index (χ1) is 22.2. The highest BCUT2D eigenvalue weighted by atomic mass is 31.2. The van der Waals surface area contributed by atoms with E-state index in [4.69, 9.17) is 32.5 Å². The molecule has 0 aliphatic carbocycles. The average molecular weight is 647 g/mol. The second kappa shape index (κ2) is 14.5. The highest BCUT2D eigenvalue weighted by molar-refractivity contribution is 7.57. The van der Waals surface area contributed by atoms with Crippen LogP contribution in [0.3, 0.4) is 0 Å². The van der Waals surface area contributed by atoms with Crippen LogP contribution in [-0.2, 0) is 20.2 Å². The molecule has 5 rings (SSSR count). The van der Waals surface area contributed by atoms with Crippen molar-refractivity contribution < 1.29 is 36.7 Å². The molecule has 1 amide bonds. The molecular formula is C33H35N4O8P. The van der Waals surface area contributed by atoms with Gasteiger partial charge < -0.3 is 27.4 Å². The van der Waals surface area contributed by atoms with E-state index in [1.807, 2.05) is 30.3 Å². The number of methoxy groups -OCH3 is 1. The average Bonchev–Trinajstić information content (AvgIpc) is 3.83. The maximum atomic E-state index is 13.8. The van der Waals surface area contributed by atoms with Gasteiger partial charge in [0.2, 0.25) is 0 Å². The van der Waals surface area contributed by atoms with Crippen molar-refractivity contribution in [3.63, 3.8) is 0 Å². The number of carbonyl (C=O) groups excluding carboxylic acids is 1. The van der Waals surface area contributed by atoms with Gasteiger partial charge in [0.15, 0.2) is 23.1 Å². The van der Waals surface area contributed by atoms with E-state index in [0.717, 1.165) is 5.69 Å². The molecule has 0 unspecified atom stereocenters. The lowest BCUT2D eigenvalue weighted by molar-refractivity contribution is 0.0991. The Hall–Kier alpha value is -4.90. The fraction of sp³-hybridized carbons (Fsp3) is 0.242. The van der Waals surface area contributed by atoms with Crippen molar-refractivity contribution in [1.29, 1.82) is 0 Å². The summed E-state index contributed by atoms with van der Waals surface area (Å²) in [6, 6.07) is 17.9. The summed E-state index contributed by atoms with van der Waals surface area (Å²) in [6.45, 7) is 5.80. The summed E-state index contributed by atoms with van der Waals surface area (Å²) in [6.07, 6.45) is 4.89. The molecule has 0 fully saturated rings.